The van der Waals surface area contributed by atoms with Crippen LogP contribution in [0.5, 0.6) is 0 Å². The highest BCUT2D eigenvalue weighted by Gasteiger charge is 2.15. The molecule has 0 aliphatic carbocycles. The van der Waals surface area contributed by atoms with Crippen LogP contribution in [0.3, 0.4) is 0 Å². The molecule has 4 rings (SSSR count). The third kappa shape index (κ3) is 2.99. The van der Waals surface area contributed by atoms with Crippen LogP contribution in [0.4, 0.5) is 17.2 Å². The average molecular weight is 363 g/mol. The van der Waals surface area contributed by atoms with Crippen molar-refractivity contribution in [3.8, 4) is 5.95 Å². The van der Waals surface area contributed by atoms with Crippen LogP contribution in [0.2, 0.25) is 0 Å². The lowest BCUT2D eigenvalue weighted by Crippen LogP contribution is -2.08. The molecule has 0 aliphatic rings. The molecule has 0 amide bonds. The van der Waals surface area contributed by atoms with Gasteiger partial charge in [0.25, 0.3) is 11.6 Å². The first-order valence-electron chi connectivity index (χ1n) is 8.30. The number of aromatic nitrogens is 5. The fraction of sp³-hybridized carbons (Fsp3) is 0.167. The summed E-state index contributed by atoms with van der Waals surface area (Å²) in [4.78, 5) is 19.9. The molecule has 1 aromatic carbocycles. The minimum atomic E-state index is -0.426. The van der Waals surface area contributed by atoms with Gasteiger partial charge in [0.05, 0.1) is 16.0 Å². The summed E-state index contributed by atoms with van der Waals surface area (Å²) in [6.45, 7) is 3.85. The SMILES string of the molecule is Cc1cc(C)n(-c2nc(Nc3cccc([N+](=O)[O-])c3)c3ccn(C)c3n2)n1. The molecule has 3 aromatic heterocycles. The molecular weight excluding hydrogens is 346 g/mol. The van der Waals surface area contributed by atoms with Gasteiger partial charge in [-0.25, -0.2) is 4.68 Å². The second kappa shape index (κ2) is 6.20. The molecule has 1 N–H and O–H groups in total. The normalized spacial score (nSPS) is 11.1. The van der Waals surface area contributed by atoms with Crippen LogP contribution in [0.1, 0.15) is 11.4 Å². The van der Waals surface area contributed by atoms with Crippen LogP contribution in [-0.4, -0.2) is 29.2 Å². The fourth-order valence-corrected chi connectivity index (χ4v) is 2.98. The van der Waals surface area contributed by atoms with Crippen LogP contribution >= 0.6 is 0 Å². The maximum absolute atomic E-state index is 11.0. The molecule has 136 valence electrons. The van der Waals surface area contributed by atoms with Crippen molar-refractivity contribution >= 4 is 28.2 Å². The third-order valence-electron chi connectivity index (χ3n) is 4.23. The van der Waals surface area contributed by atoms with Gasteiger partial charge in [0.2, 0.25) is 0 Å². The van der Waals surface area contributed by atoms with E-state index in [1.54, 1.807) is 16.8 Å². The first kappa shape index (κ1) is 16.7. The average Bonchev–Trinajstić information content (AvgIpc) is 3.17. The Hall–Kier alpha value is -3.75. The summed E-state index contributed by atoms with van der Waals surface area (Å²) < 4.78 is 3.57. The maximum atomic E-state index is 11.0. The molecule has 4 aromatic rings. The molecule has 9 heteroatoms. The molecule has 0 unspecified atom stereocenters. The Labute approximate surface area is 154 Å². The predicted molar refractivity (Wildman–Crippen MR) is 101 cm³/mol. The molecule has 0 atom stereocenters. The minimum Gasteiger partial charge on any atom is -0.339 e. The van der Waals surface area contributed by atoms with Crippen LogP contribution in [0, 0.1) is 24.0 Å². The molecule has 9 nitrogen and oxygen atoms in total. The van der Waals surface area contributed by atoms with E-state index in [0.717, 1.165) is 22.4 Å². The molecule has 0 bridgehead atoms. The first-order valence-corrected chi connectivity index (χ1v) is 8.30. The van der Waals surface area contributed by atoms with Gasteiger partial charge in [0.1, 0.15) is 11.5 Å². The lowest BCUT2D eigenvalue weighted by atomic mass is 10.2. The van der Waals surface area contributed by atoms with Gasteiger partial charge in [0.15, 0.2) is 0 Å². The van der Waals surface area contributed by atoms with E-state index in [2.05, 4.69) is 20.4 Å². The molecule has 0 aliphatic heterocycles. The third-order valence-corrected chi connectivity index (χ3v) is 4.23. The van der Waals surface area contributed by atoms with E-state index in [1.807, 2.05) is 43.8 Å². The topological polar surface area (TPSA) is 104 Å². The number of nitro benzene ring substituents is 1. The molecule has 0 fully saturated rings. The summed E-state index contributed by atoms with van der Waals surface area (Å²) in [5.41, 5.74) is 3.11. The van der Waals surface area contributed by atoms with Crippen molar-refractivity contribution < 1.29 is 4.92 Å². The van der Waals surface area contributed by atoms with Crippen LogP contribution in [0.15, 0.2) is 42.6 Å². The van der Waals surface area contributed by atoms with E-state index in [9.17, 15) is 10.1 Å². The molecule has 0 spiro atoms. The van der Waals surface area contributed by atoms with Crippen LogP contribution < -0.4 is 5.32 Å². The van der Waals surface area contributed by atoms with Gasteiger partial charge < -0.3 is 9.88 Å². The van der Waals surface area contributed by atoms with Crippen molar-refractivity contribution in [2.45, 2.75) is 13.8 Å². The Morgan fingerprint density at radius 2 is 1.96 bits per heavy atom. The van der Waals surface area contributed by atoms with E-state index >= 15 is 0 Å². The first-order chi connectivity index (χ1) is 12.9. The van der Waals surface area contributed by atoms with Crippen molar-refractivity contribution in [1.29, 1.82) is 0 Å². The lowest BCUT2D eigenvalue weighted by molar-refractivity contribution is -0.384. The summed E-state index contributed by atoms with van der Waals surface area (Å²) >= 11 is 0. The molecule has 0 radical (unpaired) electrons. The Balaban J connectivity index is 1.85. The second-order valence-corrected chi connectivity index (χ2v) is 6.31. The Morgan fingerprint density at radius 1 is 1.15 bits per heavy atom. The van der Waals surface area contributed by atoms with Gasteiger partial charge in [0, 0.05) is 36.8 Å². The minimum absolute atomic E-state index is 0.0112. The summed E-state index contributed by atoms with van der Waals surface area (Å²) in [6.07, 6.45) is 1.89. The van der Waals surface area contributed by atoms with Gasteiger partial charge in [-0.2, -0.15) is 15.1 Å². The number of nitrogens with one attached hydrogen (secondary N) is 1. The zero-order chi connectivity index (χ0) is 19.1. The molecule has 3 heterocycles. The number of nitro groups is 1. The van der Waals surface area contributed by atoms with Gasteiger partial charge >= 0.3 is 0 Å². The van der Waals surface area contributed by atoms with Crippen LogP contribution in [-0.2, 0) is 7.05 Å². The Kier molecular flexibility index (Phi) is 3.84. The van der Waals surface area contributed by atoms with Gasteiger partial charge in [-0.1, -0.05) is 6.07 Å². The van der Waals surface area contributed by atoms with Crippen molar-refractivity contribution in [3.05, 3.63) is 64.1 Å². The number of fused-ring (bicyclic) bond motifs is 1. The zero-order valence-electron chi connectivity index (χ0n) is 15.0. The number of nitrogens with zero attached hydrogens (tertiary/aromatic N) is 6. The number of hydrogen-bond donors (Lipinski definition) is 1. The maximum Gasteiger partial charge on any atom is 0.271 e. The summed E-state index contributed by atoms with van der Waals surface area (Å²) in [6, 6.07) is 10.2. The lowest BCUT2D eigenvalue weighted by Gasteiger charge is -2.10. The number of anilines is 2. The molecule has 0 saturated carbocycles. The number of non-ortho nitro benzene ring substituents is 1. The second-order valence-electron chi connectivity index (χ2n) is 6.31. The monoisotopic (exact) mass is 363 g/mol. The van der Waals surface area contributed by atoms with Crippen molar-refractivity contribution in [2.24, 2.45) is 7.05 Å². The molecular formula is C18H17N7O2. The van der Waals surface area contributed by atoms with Crippen molar-refractivity contribution in [3.63, 3.8) is 0 Å². The van der Waals surface area contributed by atoms with Gasteiger partial charge in [-0.3, -0.25) is 10.1 Å². The smallest absolute Gasteiger partial charge is 0.271 e. The summed E-state index contributed by atoms with van der Waals surface area (Å²) in [5, 5.41) is 19.5. The van der Waals surface area contributed by atoms with E-state index in [4.69, 9.17) is 0 Å². The van der Waals surface area contributed by atoms with E-state index < -0.39 is 4.92 Å². The summed E-state index contributed by atoms with van der Waals surface area (Å²) in [7, 11) is 1.90. The number of hydrogen-bond acceptors (Lipinski definition) is 6. The van der Waals surface area contributed by atoms with E-state index in [0.29, 0.717) is 17.5 Å². The number of rotatable bonds is 4. The summed E-state index contributed by atoms with van der Waals surface area (Å²) in [5.74, 6) is 0.992. The quantitative estimate of drug-likeness (QED) is 0.440. The van der Waals surface area contributed by atoms with Gasteiger partial charge in [-0.05, 0) is 32.0 Å². The Bertz CT molecular complexity index is 1180. The van der Waals surface area contributed by atoms with E-state index in [-0.39, 0.29) is 5.69 Å². The van der Waals surface area contributed by atoms with Crippen molar-refractivity contribution in [1.82, 2.24) is 24.3 Å². The van der Waals surface area contributed by atoms with Crippen LogP contribution in [0.25, 0.3) is 17.0 Å². The predicted octanol–water partition coefficient (Wildman–Crippen LogP) is 3.42. The fourth-order valence-electron chi connectivity index (χ4n) is 2.98. The van der Waals surface area contributed by atoms with Gasteiger partial charge in [-0.15, -0.1) is 0 Å². The largest absolute Gasteiger partial charge is 0.339 e. The molecule has 27 heavy (non-hydrogen) atoms. The highest BCUT2D eigenvalue weighted by Crippen LogP contribution is 2.27. The van der Waals surface area contributed by atoms with Crippen molar-refractivity contribution in [2.75, 3.05) is 5.32 Å². The highest BCUT2D eigenvalue weighted by molar-refractivity contribution is 5.90. The standard InChI is InChI=1S/C18H17N7O2/c1-11-9-12(2)24(22-11)18-20-16(15-7-8-23(3)17(15)21-18)19-13-5-4-6-14(10-13)25(26)27/h4-10H,1-3H3,(H,19,20,21). The Morgan fingerprint density at radius 3 is 2.67 bits per heavy atom. The number of benzene rings is 1. The highest BCUT2D eigenvalue weighted by atomic mass is 16.6. The number of aryl methyl sites for hydroxylation is 3. The van der Waals surface area contributed by atoms with E-state index in [1.165, 1.54) is 12.1 Å². The zero-order valence-corrected chi connectivity index (χ0v) is 15.0. The molecule has 0 saturated heterocycles.